The van der Waals surface area contributed by atoms with E-state index in [1.807, 2.05) is 34.4 Å². The summed E-state index contributed by atoms with van der Waals surface area (Å²) < 4.78 is 15.3. The third-order valence-electron chi connectivity index (χ3n) is 6.13. The van der Waals surface area contributed by atoms with E-state index in [1.165, 1.54) is 0 Å². The molecule has 32 heavy (non-hydrogen) atoms. The number of esters is 1. The van der Waals surface area contributed by atoms with Crippen molar-refractivity contribution >= 4 is 16.9 Å². The van der Waals surface area contributed by atoms with Gasteiger partial charge in [0.15, 0.2) is 5.43 Å². The van der Waals surface area contributed by atoms with Crippen molar-refractivity contribution in [3.8, 4) is 17.1 Å². The van der Waals surface area contributed by atoms with Gasteiger partial charge in [-0.25, -0.2) is 4.79 Å². The fourth-order valence-corrected chi connectivity index (χ4v) is 4.23. The Balaban J connectivity index is 1.97. The van der Waals surface area contributed by atoms with Gasteiger partial charge in [0.25, 0.3) is 0 Å². The zero-order valence-electron chi connectivity index (χ0n) is 19.6. The highest BCUT2D eigenvalue weighted by Gasteiger charge is 2.35. The highest BCUT2D eigenvalue weighted by atomic mass is 16.5. The number of aromatic nitrogens is 3. The van der Waals surface area contributed by atoms with E-state index >= 15 is 0 Å². The summed E-state index contributed by atoms with van der Waals surface area (Å²) in [6, 6.07) is 7.43. The van der Waals surface area contributed by atoms with Crippen LogP contribution >= 0.6 is 0 Å². The quantitative estimate of drug-likeness (QED) is 0.535. The molecule has 7 nitrogen and oxygen atoms in total. The van der Waals surface area contributed by atoms with E-state index in [0.29, 0.717) is 6.54 Å². The van der Waals surface area contributed by atoms with Gasteiger partial charge in [0.05, 0.1) is 36.7 Å². The Bertz CT molecular complexity index is 1230. The minimum atomic E-state index is -0.589. The van der Waals surface area contributed by atoms with Gasteiger partial charge in [-0.3, -0.25) is 9.48 Å². The molecule has 0 radical (unpaired) electrons. The molecular formula is C25H31N3O4. The van der Waals surface area contributed by atoms with E-state index in [9.17, 15) is 9.59 Å². The summed E-state index contributed by atoms with van der Waals surface area (Å²) in [6.07, 6.45) is 2.63. The van der Waals surface area contributed by atoms with Gasteiger partial charge in [-0.05, 0) is 31.7 Å². The van der Waals surface area contributed by atoms with Gasteiger partial charge < -0.3 is 14.0 Å². The molecule has 2 aromatic heterocycles. The summed E-state index contributed by atoms with van der Waals surface area (Å²) in [5.74, 6) is 0.150. The molecule has 2 atom stereocenters. The number of nitrogens with zero attached hydrogens (tertiary/aromatic N) is 3. The lowest BCUT2D eigenvalue weighted by Gasteiger charge is -2.38. The SMILES string of the molecule is CCOC(=O)c1cn2c(cc1=O)-c1c3cccc(OC(C)CC)c3nn1CC2C(C)(C)C. The maximum Gasteiger partial charge on any atom is 0.343 e. The van der Waals surface area contributed by atoms with Crippen molar-refractivity contribution in [1.29, 1.82) is 0 Å². The number of rotatable bonds is 5. The molecule has 0 saturated heterocycles. The maximum absolute atomic E-state index is 12.9. The normalized spacial score (nSPS) is 16.4. The number of hydrogen-bond donors (Lipinski definition) is 0. The summed E-state index contributed by atoms with van der Waals surface area (Å²) >= 11 is 0. The Morgan fingerprint density at radius 1 is 1.28 bits per heavy atom. The number of fused-ring (bicyclic) bond motifs is 5. The average molecular weight is 438 g/mol. The number of carbonyl (C=O) groups excluding carboxylic acids is 1. The van der Waals surface area contributed by atoms with Crippen molar-refractivity contribution in [3.05, 3.63) is 46.2 Å². The highest BCUT2D eigenvalue weighted by Crippen LogP contribution is 2.43. The average Bonchev–Trinajstić information content (AvgIpc) is 3.12. The van der Waals surface area contributed by atoms with E-state index < -0.39 is 5.97 Å². The summed E-state index contributed by atoms with van der Waals surface area (Å²) in [4.78, 5) is 25.3. The van der Waals surface area contributed by atoms with Crippen molar-refractivity contribution < 1.29 is 14.3 Å². The highest BCUT2D eigenvalue weighted by molar-refractivity contribution is 5.97. The molecule has 170 valence electrons. The fraction of sp³-hybridized carbons (Fsp3) is 0.480. The van der Waals surface area contributed by atoms with Crippen LogP contribution in [0, 0.1) is 5.41 Å². The number of benzene rings is 1. The van der Waals surface area contributed by atoms with Crippen LogP contribution < -0.4 is 10.2 Å². The molecule has 0 amide bonds. The molecule has 2 unspecified atom stereocenters. The zero-order chi connectivity index (χ0) is 23.2. The molecule has 1 aromatic carbocycles. The molecule has 7 heteroatoms. The second-order valence-corrected chi connectivity index (χ2v) is 9.47. The van der Waals surface area contributed by atoms with Crippen molar-refractivity contribution in [2.75, 3.05) is 6.61 Å². The topological polar surface area (TPSA) is 75.3 Å². The van der Waals surface area contributed by atoms with Crippen LogP contribution in [0.5, 0.6) is 5.75 Å². The molecule has 0 N–H and O–H groups in total. The zero-order valence-corrected chi connectivity index (χ0v) is 19.6. The first-order valence-electron chi connectivity index (χ1n) is 11.3. The molecule has 0 fully saturated rings. The van der Waals surface area contributed by atoms with Crippen molar-refractivity contribution in [3.63, 3.8) is 0 Å². The minimum absolute atomic E-state index is 0.00739. The van der Waals surface area contributed by atoms with Gasteiger partial charge in [0, 0.05) is 17.6 Å². The second kappa shape index (κ2) is 8.11. The Morgan fingerprint density at radius 3 is 2.69 bits per heavy atom. The Morgan fingerprint density at radius 2 is 2.03 bits per heavy atom. The molecule has 1 aliphatic heterocycles. The van der Waals surface area contributed by atoms with E-state index in [-0.39, 0.29) is 35.2 Å². The molecule has 0 saturated carbocycles. The monoisotopic (exact) mass is 437 g/mol. The molecule has 0 bridgehead atoms. The predicted octanol–water partition coefficient (Wildman–Crippen LogP) is 4.82. The maximum atomic E-state index is 12.9. The lowest BCUT2D eigenvalue weighted by molar-refractivity contribution is 0.0522. The van der Waals surface area contributed by atoms with Gasteiger partial charge in [-0.1, -0.05) is 39.8 Å². The van der Waals surface area contributed by atoms with E-state index in [4.69, 9.17) is 14.6 Å². The minimum Gasteiger partial charge on any atom is -0.488 e. The molecule has 4 rings (SSSR count). The molecule has 3 aromatic rings. The summed E-state index contributed by atoms with van der Waals surface area (Å²) in [5.41, 5.74) is 1.97. The Labute approximate surface area is 187 Å². The lowest BCUT2D eigenvalue weighted by atomic mass is 9.85. The smallest absolute Gasteiger partial charge is 0.343 e. The fourth-order valence-electron chi connectivity index (χ4n) is 4.23. The number of hydrogen-bond acceptors (Lipinski definition) is 5. The van der Waals surface area contributed by atoms with Crippen molar-refractivity contribution in [2.24, 2.45) is 5.41 Å². The first-order chi connectivity index (χ1) is 15.2. The van der Waals surface area contributed by atoms with Crippen LogP contribution in [0.3, 0.4) is 0 Å². The van der Waals surface area contributed by atoms with Gasteiger partial charge in [0.2, 0.25) is 0 Å². The van der Waals surface area contributed by atoms with E-state index in [0.717, 1.165) is 34.5 Å². The van der Waals surface area contributed by atoms with Gasteiger partial charge in [-0.15, -0.1) is 0 Å². The van der Waals surface area contributed by atoms with Crippen LogP contribution in [-0.4, -0.2) is 33.0 Å². The van der Waals surface area contributed by atoms with Gasteiger partial charge >= 0.3 is 5.97 Å². The van der Waals surface area contributed by atoms with Crippen LogP contribution in [0.2, 0.25) is 0 Å². The molecule has 3 heterocycles. The summed E-state index contributed by atoms with van der Waals surface area (Å²) in [6.45, 7) is 13.1. The van der Waals surface area contributed by atoms with Crippen LogP contribution in [-0.2, 0) is 11.3 Å². The number of ether oxygens (including phenoxy) is 2. The first kappa shape index (κ1) is 22.1. The predicted molar refractivity (Wildman–Crippen MR) is 124 cm³/mol. The first-order valence-corrected chi connectivity index (χ1v) is 11.3. The molecule has 1 aliphatic rings. The summed E-state index contributed by atoms with van der Waals surface area (Å²) in [5, 5.41) is 5.83. The standard InChI is InChI=1S/C25H31N3O4/c1-7-15(3)32-20-11-9-10-16-22(20)26-28-14-21(25(4,5)6)27-13-17(24(30)31-8-2)19(29)12-18(27)23(16)28/h9-13,15,21H,7-8,14H2,1-6H3. The molecule has 0 spiro atoms. The third-order valence-corrected chi connectivity index (χ3v) is 6.13. The van der Waals surface area contributed by atoms with Crippen LogP contribution in [0.25, 0.3) is 22.3 Å². The lowest BCUT2D eigenvalue weighted by Crippen LogP contribution is -2.35. The van der Waals surface area contributed by atoms with Crippen LogP contribution in [0.15, 0.2) is 35.3 Å². The van der Waals surface area contributed by atoms with Crippen molar-refractivity contribution in [2.45, 2.75) is 66.7 Å². The number of pyridine rings is 1. The van der Waals surface area contributed by atoms with Crippen LogP contribution in [0.4, 0.5) is 0 Å². The second-order valence-electron chi connectivity index (χ2n) is 9.47. The molecular weight excluding hydrogens is 406 g/mol. The third kappa shape index (κ3) is 3.70. The number of carbonyl (C=O) groups is 1. The van der Waals surface area contributed by atoms with Gasteiger partial charge in [-0.2, -0.15) is 5.10 Å². The largest absolute Gasteiger partial charge is 0.488 e. The van der Waals surface area contributed by atoms with Crippen molar-refractivity contribution in [1.82, 2.24) is 14.3 Å². The van der Waals surface area contributed by atoms with Gasteiger partial charge in [0.1, 0.15) is 16.8 Å². The molecule has 0 aliphatic carbocycles. The van der Waals surface area contributed by atoms with E-state index in [1.54, 1.807) is 19.2 Å². The Hall–Kier alpha value is -3.09. The van der Waals surface area contributed by atoms with E-state index in [2.05, 4.69) is 27.7 Å². The Kier molecular flexibility index (Phi) is 5.61. The summed E-state index contributed by atoms with van der Waals surface area (Å²) in [7, 11) is 0. The van der Waals surface area contributed by atoms with Crippen LogP contribution in [0.1, 0.15) is 64.4 Å².